The Morgan fingerprint density at radius 3 is 1.93 bits per heavy atom. The second-order valence-electron chi connectivity index (χ2n) is 4.04. The summed E-state index contributed by atoms with van der Waals surface area (Å²) in [6.07, 6.45) is 12.0. The van der Waals surface area contributed by atoms with Crippen molar-refractivity contribution in [3.63, 3.8) is 0 Å². The molecule has 0 bridgehead atoms. The monoisotopic (exact) mass is 264 g/mol. The van der Waals surface area contributed by atoms with Gasteiger partial charge in [-0.1, -0.05) is 74.2 Å². The maximum atomic E-state index is 8.79. The van der Waals surface area contributed by atoms with Gasteiger partial charge in [-0.15, -0.1) is 0 Å². The highest BCUT2D eigenvalue weighted by Crippen LogP contribution is 2.13. The van der Waals surface area contributed by atoms with Crippen molar-refractivity contribution < 1.29 is 5.11 Å². The van der Waals surface area contributed by atoms with Gasteiger partial charge in [-0.3, -0.25) is 0 Å². The predicted molar refractivity (Wildman–Crippen MR) is 67.0 cm³/mol. The molecule has 86 valence electrons. The van der Waals surface area contributed by atoms with Crippen molar-refractivity contribution in [1.82, 2.24) is 0 Å². The molecule has 0 spiro atoms. The zero-order valence-electron chi connectivity index (χ0n) is 9.47. The molecule has 1 unspecified atom stereocenters. The molecule has 1 nitrogen and oxygen atoms in total. The number of halogens is 1. The second-order valence-corrected chi connectivity index (χ2v) is 5.34. The Morgan fingerprint density at radius 1 is 0.929 bits per heavy atom. The molecule has 0 aromatic heterocycles. The molecular formula is C12H25BrO. The zero-order valence-corrected chi connectivity index (χ0v) is 11.1. The van der Waals surface area contributed by atoms with Gasteiger partial charge in [-0.2, -0.15) is 0 Å². The Balaban J connectivity index is 2.92. The van der Waals surface area contributed by atoms with E-state index in [1.165, 1.54) is 51.4 Å². The lowest BCUT2D eigenvalue weighted by Gasteiger charge is -2.05. The van der Waals surface area contributed by atoms with Gasteiger partial charge in [0.2, 0.25) is 0 Å². The van der Waals surface area contributed by atoms with Crippen LogP contribution < -0.4 is 0 Å². The first kappa shape index (κ1) is 14.4. The van der Waals surface area contributed by atoms with Crippen LogP contribution in [0.3, 0.4) is 0 Å². The van der Waals surface area contributed by atoms with E-state index in [0.717, 1.165) is 6.42 Å². The minimum Gasteiger partial charge on any atom is -0.395 e. The summed E-state index contributed by atoms with van der Waals surface area (Å²) in [7, 11) is 0. The molecule has 1 atom stereocenters. The topological polar surface area (TPSA) is 20.2 Å². The third-order valence-electron chi connectivity index (χ3n) is 2.57. The highest BCUT2D eigenvalue weighted by Gasteiger charge is 2.00. The summed E-state index contributed by atoms with van der Waals surface area (Å²) in [5.41, 5.74) is 0. The van der Waals surface area contributed by atoms with E-state index in [2.05, 4.69) is 22.9 Å². The van der Waals surface area contributed by atoms with Crippen LogP contribution in [0.5, 0.6) is 0 Å². The standard InChI is InChI=1S/C12H25BrO/c1-2-3-4-5-6-7-8-9-10-12(13)11-14/h12,14H,2-11H2,1H3. The third-order valence-corrected chi connectivity index (χ3v) is 3.32. The molecule has 2 heteroatoms. The number of hydrogen-bond donors (Lipinski definition) is 1. The fourth-order valence-corrected chi connectivity index (χ4v) is 1.91. The minimum absolute atomic E-state index is 0.274. The van der Waals surface area contributed by atoms with E-state index in [1.54, 1.807) is 0 Å². The Labute approximate surface area is 97.4 Å². The summed E-state index contributed by atoms with van der Waals surface area (Å²) in [6, 6.07) is 0. The molecule has 0 amide bonds. The first-order valence-electron chi connectivity index (χ1n) is 6.06. The summed E-state index contributed by atoms with van der Waals surface area (Å²) < 4.78 is 0. The van der Waals surface area contributed by atoms with Gasteiger partial charge in [0.15, 0.2) is 0 Å². The molecule has 0 fully saturated rings. The molecule has 0 aliphatic heterocycles. The number of rotatable bonds is 10. The molecule has 0 aliphatic carbocycles. The lowest BCUT2D eigenvalue weighted by Crippen LogP contribution is -2.02. The molecule has 0 saturated heterocycles. The van der Waals surface area contributed by atoms with Gasteiger partial charge in [-0.25, -0.2) is 0 Å². The van der Waals surface area contributed by atoms with E-state index in [1.807, 2.05) is 0 Å². The molecule has 0 aromatic carbocycles. The smallest absolute Gasteiger partial charge is 0.0556 e. The highest BCUT2D eigenvalue weighted by molar-refractivity contribution is 9.09. The van der Waals surface area contributed by atoms with Crippen molar-refractivity contribution in [1.29, 1.82) is 0 Å². The number of alkyl halides is 1. The van der Waals surface area contributed by atoms with Crippen molar-refractivity contribution in [2.75, 3.05) is 6.61 Å². The van der Waals surface area contributed by atoms with Gasteiger partial charge >= 0.3 is 0 Å². The first-order valence-corrected chi connectivity index (χ1v) is 6.97. The van der Waals surface area contributed by atoms with Gasteiger partial charge in [0, 0.05) is 4.83 Å². The van der Waals surface area contributed by atoms with Gasteiger partial charge in [0.25, 0.3) is 0 Å². The highest BCUT2D eigenvalue weighted by atomic mass is 79.9. The van der Waals surface area contributed by atoms with E-state index in [0.29, 0.717) is 4.83 Å². The average Bonchev–Trinajstić information content (AvgIpc) is 2.21. The number of aliphatic hydroxyl groups excluding tert-OH is 1. The van der Waals surface area contributed by atoms with Crippen LogP contribution in [0.2, 0.25) is 0 Å². The van der Waals surface area contributed by atoms with Gasteiger partial charge in [0.05, 0.1) is 6.61 Å². The largest absolute Gasteiger partial charge is 0.395 e. The van der Waals surface area contributed by atoms with Crippen LogP contribution in [0.4, 0.5) is 0 Å². The summed E-state index contributed by atoms with van der Waals surface area (Å²) in [5.74, 6) is 0. The normalized spacial score (nSPS) is 13.1. The van der Waals surface area contributed by atoms with Crippen molar-refractivity contribution in [3.05, 3.63) is 0 Å². The second kappa shape index (κ2) is 11.5. The molecule has 0 heterocycles. The minimum atomic E-state index is 0.274. The van der Waals surface area contributed by atoms with Crippen LogP contribution in [-0.4, -0.2) is 16.5 Å². The summed E-state index contributed by atoms with van der Waals surface area (Å²) >= 11 is 3.43. The van der Waals surface area contributed by atoms with Crippen LogP contribution in [0.1, 0.15) is 64.7 Å². The maximum absolute atomic E-state index is 8.79. The fourth-order valence-electron chi connectivity index (χ4n) is 1.59. The first-order chi connectivity index (χ1) is 6.81. The fraction of sp³-hybridized carbons (Fsp3) is 1.00. The van der Waals surface area contributed by atoms with E-state index in [4.69, 9.17) is 5.11 Å². The van der Waals surface area contributed by atoms with Crippen LogP contribution in [-0.2, 0) is 0 Å². The third kappa shape index (κ3) is 10.5. The van der Waals surface area contributed by atoms with Crippen molar-refractivity contribution in [2.24, 2.45) is 0 Å². The quantitative estimate of drug-likeness (QED) is 0.462. The molecule has 14 heavy (non-hydrogen) atoms. The maximum Gasteiger partial charge on any atom is 0.0556 e. The summed E-state index contributed by atoms with van der Waals surface area (Å²) in [5, 5.41) is 8.79. The molecule has 0 aromatic rings. The van der Waals surface area contributed by atoms with Crippen molar-refractivity contribution in [2.45, 2.75) is 69.5 Å². The lowest BCUT2D eigenvalue weighted by molar-refractivity contribution is 0.290. The zero-order chi connectivity index (χ0) is 10.6. The number of aliphatic hydroxyl groups is 1. The summed E-state index contributed by atoms with van der Waals surface area (Å²) in [6.45, 7) is 2.53. The lowest BCUT2D eigenvalue weighted by atomic mass is 10.1. The molecule has 0 radical (unpaired) electrons. The van der Waals surface area contributed by atoms with Gasteiger partial charge < -0.3 is 5.11 Å². The van der Waals surface area contributed by atoms with Crippen molar-refractivity contribution in [3.8, 4) is 0 Å². The van der Waals surface area contributed by atoms with Crippen LogP contribution >= 0.6 is 15.9 Å². The van der Waals surface area contributed by atoms with Crippen LogP contribution in [0, 0.1) is 0 Å². The molecule has 0 rings (SSSR count). The van der Waals surface area contributed by atoms with Gasteiger partial charge in [-0.05, 0) is 6.42 Å². The number of unbranched alkanes of at least 4 members (excludes halogenated alkanes) is 7. The van der Waals surface area contributed by atoms with Crippen molar-refractivity contribution >= 4 is 15.9 Å². The van der Waals surface area contributed by atoms with Gasteiger partial charge in [0.1, 0.15) is 0 Å². The Morgan fingerprint density at radius 2 is 1.43 bits per heavy atom. The molecular weight excluding hydrogens is 240 g/mol. The molecule has 1 N–H and O–H groups in total. The SMILES string of the molecule is CCCCCCCCCCC(Br)CO. The Bertz CT molecular complexity index is 106. The van der Waals surface area contributed by atoms with E-state index >= 15 is 0 Å². The predicted octanol–water partition coefficient (Wildman–Crippen LogP) is 4.27. The number of hydrogen-bond acceptors (Lipinski definition) is 1. The van der Waals surface area contributed by atoms with E-state index < -0.39 is 0 Å². The summed E-state index contributed by atoms with van der Waals surface area (Å²) in [4.78, 5) is 0.322. The molecule has 0 saturated carbocycles. The van der Waals surface area contributed by atoms with Crippen LogP contribution in [0.15, 0.2) is 0 Å². The van der Waals surface area contributed by atoms with E-state index in [-0.39, 0.29) is 6.61 Å². The van der Waals surface area contributed by atoms with E-state index in [9.17, 15) is 0 Å². The molecule has 0 aliphatic rings. The van der Waals surface area contributed by atoms with Crippen LogP contribution in [0.25, 0.3) is 0 Å². The Kier molecular flexibility index (Phi) is 11.9. The average molecular weight is 265 g/mol. The Hall–Kier alpha value is 0.440.